The maximum atomic E-state index is 11.9. The van der Waals surface area contributed by atoms with E-state index in [0.29, 0.717) is 12.5 Å². The largest absolute Gasteiger partial charge is 0.481 e. The van der Waals surface area contributed by atoms with Gasteiger partial charge in [-0.15, -0.1) is 0 Å². The number of hydrogen-bond donors (Lipinski definition) is 2. The lowest BCUT2D eigenvalue weighted by atomic mass is 9.88. The van der Waals surface area contributed by atoms with Gasteiger partial charge in [-0.25, -0.2) is 4.79 Å². The van der Waals surface area contributed by atoms with Gasteiger partial charge in [0.2, 0.25) is 0 Å². The molecule has 5 nitrogen and oxygen atoms in total. The van der Waals surface area contributed by atoms with Crippen LogP contribution in [-0.2, 0) is 4.79 Å². The molecule has 1 aromatic carbocycles. The van der Waals surface area contributed by atoms with Crippen molar-refractivity contribution in [2.24, 2.45) is 5.92 Å². The Morgan fingerprint density at radius 3 is 2.38 bits per heavy atom. The molecule has 0 bridgehead atoms. The third-order valence-electron chi connectivity index (χ3n) is 3.51. The number of carboxylic acids is 1. The van der Waals surface area contributed by atoms with E-state index < -0.39 is 5.97 Å². The summed E-state index contributed by atoms with van der Waals surface area (Å²) in [5.41, 5.74) is 1.20. The normalized spacial score (nSPS) is 12.0. The van der Waals surface area contributed by atoms with E-state index in [1.54, 1.807) is 7.05 Å². The van der Waals surface area contributed by atoms with Gasteiger partial charge in [-0.05, 0) is 11.5 Å². The fourth-order valence-electron chi connectivity index (χ4n) is 2.14. The SMILES string of the molecule is CC(C)C(CNC(=O)N(C)CCC(=O)O)c1ccccc1. The van der Waals surface area contributed by atoms with Crippen molar-refractivity contribution in [3.63, 3.8) is 0 Å². The minimum atomic E-state index is -0.904. The van der Waals surface area contributed by atoms with Crippen LogP contribution in [0.5, 0.6) is 0 Å². The first-order valence-corrected chi connectivity index (χ1v) is 7.17. The van der Waals surface area contributed by atoms with Gasteiger partial charge >= 0.3 is 12.0 Å². The number of rotatable bonds is 7. The van der Waals surface area contributed by atoms with Crippen molar-refractivity contribution in [3.05, 3.63) is 35.9 Å². The van der Waals surface area contributed by atoms with Gasteiger partial charge in [-0.1, -0.05) is 44.2 Å². The zero-order valence-corrected chi connectivity index (χ0v) is 12.9. The van der Waals surface area contributed by atoms with E-state index in [1.807, 2.05) is 18.2 Å². The molecule has 0 spiro atoms. The lowest BCUT2D eigenvalue weighted by Crippen LogP contribution is -2.40. The van der Waals surface area contributed by atoms with Crippen molar-refractivity contribution in [2.75, 3.05) is 20.1 Å². The lowest BCUT2D eigenvalue weighted by molar-refractivity contribution is -0.137. The molecular weight excluding hydrogens is 268 g/mol. The van der Waals surface area contributed by atoms with Crippen LogP contribution in [0, 0.1) is 5.92 Å². The predicted molar refractivity (Wildman–Crippen MR) is 82.3 cm³/mol. The van der Waals surface area contributed by atoms with Gasteiger partial charge < -0.3 is 15.3 Å². The molecule has 5 heteroatoms. The lowest BCUT2D eigenvalue weighted by Gasteiger charge is -2.24. The average Bonchev–Trinajstić information content (AvgIpc) is 2.45. The van der Waals surface area contributed by atoms with E-state index in [9.17, 15) is 9.59 Å². The van der Waals surface area contributed by atoms with E-state index in [-0.39, 0.29) is 24.9 Å². The Labute approximate surface area is 126 Å². The average molecular weight is 292 g/mol. The van der Waals surface area contributed by atoms with Crippen molar-refractivity contribution < 1.29 is 14.7 Å². The second-order valence-corrected chi connectivity index (χ2v) is 5.51. The van der Waals surface area contributed by atoms with Crippen LogP contribution in [-0.4, -0.2) is 42.1 Å². The molecule has 2 N–H and O–H groups in total. The quantitative estimate of drug-likeness (QED) is 0.811. The van der Waals surface area contributed by atoms with Crippen molar-refractivity contribution in [3.8, 4) is 0 Å². The monoisotopic (exact) mass is 292 g/mol. The van der Waals surface area contributed by atoms with E-state index in [0.717, 1.165) is 0 Å². The number of benzene rings is 1. The summed E-state index contributed by atoms with van der Waals surface area (Å²) in [5.74, 6) is -0.265. The van der Waals surface area contributed by atoms with E-state index in [4.69, 9.17) is 5.11 Å². The zero-order chi connectivity index (χ0) is 15.8. The standard InChI is InChI=1S/C16H24N2O3/c1-12(2)14(13-7-5-4-6-8-13)11-17-16(21)18(3)10-9-15(19)20/h4-8,12,14H,9-11H2,1-3H3,(H,17,21)(H,19,20). The molecule has 116 valence electrons. The molecule has 1 rings (SSSR count). The molecule has 2 amide bonds. The zero-order valence-electron chi connectivity index (χ0n) is 12.9. The molecule has 0 aliphatic rings. The van der Waals surface area contributed by atoms with Crippen molar-refractivity contribution in [1.29, 1.82) is 0 Å². The molecule has 0 saturated carbocycles. The highest BCUT2D eigenvalue weighted by Gasteiger charge is 2.18. The highest BCUT2D eigenvalue weighted by atomic mass is 16.4. The molecule has 0 radical (unpaired) electrons. The maximum absolute atomic E-state index is 11.9. The number of nitrogens with one attached hydrogen (secondary N) is 1. The summed E-state index contributed by atoms with van der Waals surface area (Å²) in [6.07, 6.45) is -0.0454. The Morgan fingerprint density at radius 1 is 1.24 bits per heavy atom. The van der Waals surface area contributed by atoms with Crippen molar-refractivity contribution in [1.82, 2.24) is 10.2 Å². The van der Waals surface area contributed by atoms with Gasteiger partial charge in [0, 0.05) is 26.1 Å². The summed E-state index contributed by atoms with van der Waals surface area (Å²) < 4.78 is 0. The van der Waals surface area contributed by atoms with Crippen LogP contribution in [0.15, 0.2) is 30.3 Å². The van der Waals surface area contributed by atoms with E-state index in [2.05, 4.69) is 31.3 Å². The third kappa shape index (κ3) is 5.85. The van der Waals surface area contributed by atoms with Gasteiger partial charge in [0.1, 0.15) is 0 Å². The predicted octanol–water partition coefficient (Wildman–Crippen LogP) is 2.54. The summed E-state index contributed by atoms with van der Waals surface area (Å²) >= 11 is 0. The Hall–Kier alpha value is -2.04. The Kier molecular flexibility index (Phi) is 6.72. The first-order chi connectivity index (χ1) is 9.91. The molecule has 0 heterocycles. The Morgan fingerprint density at radius 2 is 1.86 bits per heavy atom. The Balaban J connectivity index is 2.54. The minimum absolute atomic E-state index is 0.0454. The number of carboxylic acid groups (broad SMARTS) is 1. The second-order valence-electron chi connectivity index (χ2n) is 5.51. The fourth-order valence-corrected chi connectivity index (χ4v) is 2.14. The summed E-state index contributed by atoms with van der Waals surface area (Å²) in [6, 6.07) is 9.84. The number of hydrogen-bond acceptors (Lipinski definition) is 2. The Bertz CT molecular complexity index is 460. The molecule has 1 unspecified atom stereocenters. The van der Waals surface area contributed by atoms with Crippen LogP contribution in [0.25, 0.3) is 0 Å². The fraction of sp³-hybridized carbons (Fsp3) is 0.500. The maximum Gasteiger partial charge on any atom is 0.317 e. The molecule has 0 saturated heterocycles. The van der Waals surface area contributed by atoms with Crippen LogP contribution >= 0.6 is 0 Å². The minimum Gasteiger partial charge on any atom is -0.481 e. The number of nitrogens with zero attached hydrogens (tertiary/aromatic N) is 1. The van der Waals surface area contributed by atoms with Gasteiger partial charge in [-0.2, -0.15) is 0 Å². The van der Waals surface area contributed by atoms with Gasteiger partial charge in [-0.3, -0.25) is 4.79 Å². The summed E-state index contributed by atoms with van der Waals surface area (Å²) in [6.45, 7) is 4.99. The molecule has 0 aliphatic heterocycles. The molecule has 1 aromatic rings. The van der Waals surface area contributed by atoms with Crippen molar-refractivity contribution >= 4 is 12.0 Å². The highest BCUT2D eigenvalue weighted by Crippen LogP contribution is 2.23. The van der Waals surface area contributed by atoms with Crippen LogP contribution in [0.4, 0.5) is 4.79 Å². The van der Waals surface area contributed by atoms with Gasteiger partial charge in [0.15, 0.2) is 0 Å². The van der Waals surface area contributed by atoms with Crippen LogP contribution in [0.2, 0.25) is 0 Å². The van der Waals surface area contributed by atoms with Crippen molar-refractivity contribution in [2.45, 2.75) is 26.2 Å². The molecule has 1 atom stereocenters. The van der Waals surface area contributed by atoms with Gasteiger partial charge in [0.05, 0.1) is 6.42 Å². The second kappa shape index (κ2) is 8.29. The molecule has 0 aliphatic carbocycles. The molecular formula is C16H24N2O3. The smallest absolute Gasteiger partial charge is 0.317 e. The number of aliphatic carboxylic acids is 1. The number of carbonyl (C=O) groups excluding carboxylic acids is 1. The first-order valence-electron chi connectivity index (χ1n) is 7.17. The first kappa shape index (κ1) is 17.0. The third-order valence-corrected chi connectivity index (χ3v) is 3.51. The summed E-state index contributed by atoms with van der Waals surface area (Å²) in [4.78, 5) is 23.8. The molecule has 21 heavy (non-hydrogen) atoms. The number of carbonyl (C=O) groups is 2. The van der Waals surface area contributed by atoms with Crippen LogP contribution in [0.1, 0.15) is 31.7 Å². The van der Waals surface area contributed by atoms with Crippen LogP contribution in [0.3, 0.4) is 0 Å². The topological polar surface area (TPSA) is 69.6 Å². The number of urea groups is 1. The van der Waals surface area contributed by atoms with E-state index >= 15 is 0 Å². The summed E-state index contributed by atoms with van der Waals surface area (Å²) in [7, 11) is 1.60. The number of amides is 2. The van der Waals surface area contributed by atoms with E-state index in [1.165, 1.54) is 10.5 Å². The highest BCUT2D eigenvalue weighted by molar-refractivity contribution is 5.75. The summed E-state index contributed by atoms with van der Waals surface area (Å²) in [5, 5.41) is 11.5. The molecule has 0 fully saturated rings. The molecule has 0 aromatic heterocycles. The van der Waals surface area contributed by atoms with Crippen LogP contribution < -0.4 is 5.32 Å². The van der Waals surface area contributed by atoms with Gasteiger partial charge in [0.25, 0.3) is 0 Å².